The van der Waals surface area contributed by atoms with Crippen molar-refractivity contribution >= 4 is 86.5 Å². The summed E-state index contributed by atoms with van der Waals surface area (Å²) in [4.78, 5) is 0. The highest BCUT2D eigenvalue weighted by Crippen LogP contribution is 2.32. The SMILES string of the molecule is Nc1c(Br)ccc(Br)c1N.Nc1c(Br)ccc(Br)c1N. The van der Waals surface area contributed by atoms with Crippen molar-refractivity contribution in [1.82, 2.24) is 0 Å². The largest absolute Gasteiger partial charge is 0.396 e. The van der Waals surface area contributed by atoms with Crippen LogP contribution in [0, 0.1) is 0 Å². The van der Waals surface area contributed by atoms with Crippen LogP contribution in [0.1, 0.15) is 0 Å². The van der Waals surface area contributed by atoms with Crippen molar-refractivity contribution in [3.8, 4) is 0 Å². The van der Waals surface area contributed by atoms with Crippen LogP contribution in [0.5, 0.6) is 0 Å². The van der Waals surface area contributed by atoms with E-state index < -0.39 is 0 Å². The van der Waals surface area contributed by atoms with Crippen LogP contribution in [0.4, 0.5) is 22.7 Å². The molecule has 0 saturated heterocycles. The molecule has 0 unspecified atom stereocenters. The molecule has 2 aromatic rings. The minimum atomic E-state index is 0.578. The van der Waals surface area contributed by atoms with Crippen LogP contribution >= 0.6 is 63.7 Å². The summed E-state index contributed by atoms with van der Waals surface area (Å²) in [5, 5.41) is 0. The molecular formula is C12H12Br4N4. The Morgan fingerprint density at radius 3 is 0.750 bits per heavy atom. The molecule has 4 nitrogen and oxygen atoms in total. The van der Waals surface area contributed by atoms with Crippen molar-refractivity contribution in [2.75, 3.05) is 22.9 Å². The Kier molecular flexibility index (Phi) is 6.63. The summed E-state index contributed by atoms with van der Waals surface area (Å²) in [6.45, 7) is 0. The lowest BCUT2D eigenvalue weighted by Crippen LogP contribution is -1.95. The maximum absolute atomic E-state index is 5.58. The van der Waals surface area contributed by atoms with Gasteiger partial charge in [0, 0.05) is 17.9 Å². The van der Waals surface area contributed by atoms with Gasteiger partial charge in [-0.05, 0) is 88.0 Å². The summed E-state index contributed by atoms with van der Waals surface area (Å²) in [6, 6.07) is 7.37. The average Bonchev–Trinajstić information content (AvgIpc) is 2.43. The Hall–Kier alpha value is -0.440. The monoisotopic (exact) mass is 528 g/mol. The Morgan fingerprint density at radius 1 is 0.450 bits per heavy atom. The molecule has 108 valence electrons. The highest BCUT2D eigenvalue weighted by molar-refractivity contribution is 9.11. The van der Waals surface area contributed by atoms with Crippen LogP contribution in [0.25, 0.3) is 0 Å². The van der Waals surface area contributed by atoms with Crippen molar-refractivity contribution in [3.63, 3.8) is 0 Å². The lowest BCUT2D eigenvalue weighted by atomic mass is 10.3. The Labute approximate surface area is 150 Å². The van der Waals surface area contributed by atoms with E-state index in [1.807, 2.05) is 24.3 Å². The zero-order chi connectivity index (χ0) is 15.4. The van der Waals surface area contributed by atoms with Gasteiger partial charge >= 0.3 is 0 Å². The van der Waals surface area contributed by atoms with Gasteiger partial charge in [-0.2, -0.15) is 0 Å². The summed E-state index contributed by atoms with van der Waals surface area (Å²) in [6.07, 6.45) is 0. The van der Waals surface area contributed by atoms with Gasteiger partial charge in [0.25, 0.3) is 0 Å². The number of hydrogen-bond donors (Lipinski definition) is 4. The minimum Gasteiger partial charge on any atom is -0.396 e. The second kappa shape index (κ2) is 7.53. The third-order valence-electron chi connectivity index (χ3n) is 2.36. The molecule has 0 fully saturated rings. The smallest absolute Gasteiger partial charge is 0.0703 e. The summed E-state index contributed by atoms with van der Waals surface area (Å²) in [5.41, 5.74) is 24.6. The van der Waals surface area contributed by atoms with E-state index in [0.29, 0.717) is 22.7 Å². The van der Waals surface area contributed by atoms with Crippen LogP contribution in [-0.2, 0) is 0 Å². The second-order valence-corrected chi connectivity index (χ2v) is 7.13. The van der Waals surface area contributed by atoms with Gasteiger partial charge in [-0.15, -0.1) is 0 Å². The van der Waals surface area contributed by atoms with Gasteiger partial charge in [0.1, 0.15) is 0 Å². The zero-order valence-electron chi connectivity index (χ0n) is 10.1. The van der Waals surface area contributed by atoms with Crippen LogP contribution in [-0.4, -0.2) is 0 Å². The third kappa shape index (κ3) is 4.28. The molecule has 8 N–H and O–H groups in total. The number of anilines is 4. The van der Waals surface area contributed by atoms with Crippen LogP contribution in [0.2, 0.25) is 0 Å². The van der Waals surface area contributed by atoms with Crippen molar-refractivity contribution in [3.05, 3.63) is 42.2 Å². The average molecular weight is 532 g/mol. The van der Waals surface area contributed by atoms with E-state index in [0.717, 1.165) is 17.9 Å². The molecule has 0 amide bonds. The molecule has 0 heterocycles. The predicted octanol–water partition coefficient (Wildman–Crippen LogP) is 4.75. The number of nitrogens with two attached hydrogens (primary N) is 4. The molecule has 0 aromatic heterocycles. The quantitative estimate of drug-likeness (QED) is 0.368. The molecule has 20 heavy (non-hydrogen) atoms. The van der Waals surface area contributed by atoms with E-state index in [4.69, 9.17) is 22.9 Å². The molecule has 0 atom stereocenters. The second-order valence-electron chi connectivity index (χ2n) is 3.71. The number of rotatable bonds is 0. The van der Waals surface area contributed by atoms with Crippen molar-refractivity contribution in [1.29, 1.82) is 0 Å². The first-order valence-electron chi connectivity index (χ1n) is 5.23. The molecule has 0 saturated carbocycles. The first-order chi connectivity index (χ1) is 9.25. The molecule has 0 aliphatic rings. The van der Waals surface area contributed by atoms with E-state index in [2.05, 4.69) is 63.7 Å². The molecule has 0 aliphatic carbocycles. The maximum atomic E-state index is 5.58. The fourth-order valence-corrected chi connectivity index (χ4v) is 2.55. The van der Waals surface area contributed by atoms with Gasteiger partial charge in [0.15, 0.2) is 0 Å². The molecule has 0 aliphatic heterocycles. The molecule has 0 bridgehead atoms. The molecule has 2 rings (SSSR count). The maximum Gasteiger partial charge on any atom is 0.0703 e. The van der Waals surface area contributed by atoms with Crippen LogP contribution < -0.4 is 22.9 Å². The standard InChI is InChI=1S/2C6H6Br2N2/c2*7-3-1-2-4(8)6(10)5(3)9/h2*1-2H,9-10H2. The number of benzene rings is 2. The van der Waals surface area contributed by atoms with E-state index in [9.17, 15) is 0 Å². The zero-order valence-corrected chi connectivity index (χ0v) is 16.5. The summed E-state index contributed by atoms with van der Waals surface area (Å²) in [7, 11) is 0. The summed E-state index contributed by atoms with van der Waals surface area (Å²) in [5.74, 6) is 0. The number of hydrogen-bond acceptors (Lipinski definition) is 4. The van der Waals surface area contributed by atoms with Crippen molar-refractivity contribution < 1.29 is 0 Å². The lowest BCUT2D eigenvalue weighted by Gasteiger charge is -2.03. The first-order valence-corrected chi connectivity index (χ1v) is 8.40. The normalized spacial score (nSPS) is 9.80. The Bertz CT molecular complexity index is 522. The molecular weight excluding hydrogens is 520 g/mol. The fourth-order valence-electron chi connectivity index (χ4n) is 1.17. The summed E-state index contributed by atoms with van der Waals surface area (Å²) < 4.78 is 3.31. The fraction of sp³-hybridized carbons (Fsp3) is 0. The number of halogens is 4. The third-order valence-corrected chi connectivity index (χ3v) is 5.13. The molecule has 0 radical (unpaired) electrons. The van der Waals surface area contributed by atoms with Gasteiger partial charge in [-0.25, -0.2) is 0 Å². The van der Waals surface area contributed by atoms with Gasteiger partial charge < -0.3 is 22.9 Å². The van der Waals surface area contributed by atoms with E-state index in [1.54, 1.807) is 0 Å². The van der Waals surface area contributed by atoms with Crippen molar-refractivity contribution in [2.45, 2.75) is 0 Å². The highest BCUT2D eigenvalue weighted by atomic mass is 79.9. The van der Waals surface area contributed by atoms with Crippen molar-refractivity contribution in [2.24, 2.45) is 0 Å². The molecule has 0 spiro atoms. The van der Waals surface area contributed by atoms with E-state index >= 15 is 0 Å². The predicted molar refractivity (Wildman–Crippen MR) is 101 cm³/mol. The first kappa shape index (κ1) is 17.6. The lowest BCUT2D eigenvalue weighted by molar-refractivity contribution is 1.58. The van der Waals surface area contributed by atoms with Gasteiger partial charge in [0.05, 0.1) is 22.7 Å². The number of nitrogen functional groups attached to an aromatic ring is 4. The highest BCUT2D eigenvalue weighted by Gasteiger charge is 2.02. The Morgan fingerprint density at radius 2 is 0.600 bits per heavy atom. The Balaban J connectivity index is 0.000000200. The molecule has 8 heteroatoms. The van der Waals surface area contributed by atoms with E-state index in [1.165, 1.54) is 0 Å². The van der Waals surface area contributed by atoms with Gasteiger partial charge in [0.2, 0.25) is 0 Å². The summed E-state index contributed by atoms with van der Waals surface area (Å²) >= 11 is 13.0. The van der Waals surface area contributed by atoms with Crippen LogP contribution in [0.15, 0.2) is 42.2 Å². The minimum absolute atomic E-state index is 0.578. The van der Waals surface area contributed by atoms with Crippen LogP contribution in [0.3, 0.4) is 0 Å². The van der Waals surface area contributed by atoms with E-state index in [-0.39, 0.29) is 0 Å². The molecule has 2 aromatic carbocycles. The van der Waals surface area contributed by atoms with Gasteiger partial charge in [-0.1, -0.05) is 0 Å². The topological polar surface area (TPSA) is 104 Å². The van der Waals surface area contributed by atoms with Gasteiger partial charge in [-0.3, -0.25) is 0 Å².